The average molecular weight is 398 g/mol. The van der Waals surface area contributed by atoms with Gasteiger partial charge in [0.15, 0.2) is 5.65 Å². The molecule has 1 atom stereocenters. The Morgan fingerprint density at radius 1 is 1.32 bits per heavy atom. The molecule has 7 heteroatoms. The Morgan fingerprint density at radius 2 is 2.18 bits per heavy atom. The van der Waals surface area contributed by atoms with Gasteiger partial charge in [0.05, 0.1) is 6.20 Å². The highest BCUT2D eigenvalue weighted by Gasteiger charge is 2.22. The van der Waals surface area contributed by atoms with Gasteiger partial charge in [-0.3, -0.25) is 9.69 Å². The van der Waals surface area contributed by atoms with E-state index in [0.29, 0.717) is 23.7 Å². The molecule has 1 unspecified atom stereocenters. The number of amides is 1. The molecule has 1 N–H and O–H groups in total. The number of aryl methyl sites for hydroxylation is 2. The van der Waals surface area contributed by atoms with Crippen molar-refractivity contribution in [1.82, 2.24) is 24.8 Å². The quantitative estimate of drug-likeness (QED) is 0.693. The van der Waals surface area contributed by atoms with Crippen LogP contribution in [0.25, 0.3) is 5.65 Å². The molecule has 1 amide bonds. The fourth-order valence-electron chi connectivity index (χ4n) is 3.84. The molecule has 1 aliphatic rings. The van der Waals surface area contributed by atoms with Crippen LogP contribution in [0.5, 0.6) is 0 Å². The zero-order valence-electron chi connectivity index (χ0n) is 16.5. The van der Waals surface area contributed by atoms with Gasteiger partial charge in [0.25, 0.3) is 5.91 Å². The van der Waals surface area contributed by atoms with E-state index >= 15 is 0 Å². The van der Waals surface area contributed by atoms with Gasteiger partial charge in [0, 0.05) is 41.8 Å². The van der Waals surface area contributed by atoms with E-state index in [4.69, 9.17) is 0 Å². The fraction of sp³-hybridized carbons (Fsp3) is 0.476. The van der Waals surface area contributed by atoms with Crippen LogP contribution in [0.3, 0.4) is 0 Å². The average Bonchev–Trinajstić information content (AvgIpc) is 3.32. The van der Waals surface area contributed by atoms with E-state index in [-0.39, 0.29) is 5.91 Å². The Balaban J connectivity index is 1.33. The summed E-state index contributed by atoms with van der Waals surface area (Å²) in [4.78, 5) is 22.4. The van der Waals surface area contributed by atoms with E-state index in [1.807, 2.05) is 24.5 Å². The summed E-state index contributed by atoms with van der Waals surface area (Å²) >= 11 is 1.92. The third-order valence-corrected chi connectivity index (χ3v) is 6.54. The Labute approximate surface area is 169 Å². The van der Waals surface area contributed by atoms with Crippen LogP contribution >= 0.6 is 11.3 Å². The molecular formula is C21H27N5OS. The molecule has 1 aliphatic heterocycles. The minimum atomic E-state index is -0.0886. The summed E-state index contributed by atoms with van der Waals surface area (Å²) in [6.45, 7) is 8.06. The second-order valence-electron chi connectivity index (χ2n) is 7.63. The van der Waals surface area contributed by atoms with E-state index in [0.717, 1.165) is 38.0 Å². The van der Waals surface area contributed by atoms with Crippen LogP contribution in [0.1, 0.15) is 45.4 Å². The van der Waals surface area contributed by atoms with Crippen LogP contribution in [-0.4, -0.2) is 45.0 Å². The summed E-state index contributed by atoms with van der Waals surface area (Å²) in [7, 11) is 0. The molecule has 0 aromatic carbocycles. The van der Waals surface area contributed by atoms with Crippen molar-refractivity contribution in [2.75, 3.05) is 19.6 Å². The predicted molar refractivity (Wildman–Crippen MR) is 112 cm³/mol. The second kappa shape index (κ2) is 8.41. The van der Waals surface area contributed by atoms with Gasteiger partial charge in [-0.15, -0.1) is 11.3 Å². The number of nitrogens with one attached hydrogen (secondary N) is 1. The van der Waals surface area contributed by atoms with E-state index in [1.165, 1.54) is 16.2 Å². The Bertz CT molecular complexity index is 963. The standard InChI is InChI=1S/C21H27N5OS/c1-3-17-6-7-18(28-17)14-25-8-4-5-16(13-25)10-23-21(27)19-11-24-26-12-15(2)9-22-20(19)26/h6-7,9,11-12,16H,3-5,8,10,13-14H2,1-2H3,(H,23,27). The second-order valence-corrected chi connectivity index (χ2v) is 8.89. The monoisotopic (exact) mass is 397 g/mol. The molecule has 1 fully saturated rings. The first-order chi connectivity index (χ1) is 13.6. The summed E-state index contributed by atoms with van der Waals surface area (Å²) < 4.78 is 1.66. The van der Waals surface area contributed by atoms with Crippen LogP contribution in [-0.2, 0) is 13.0 Å². The summed E-state index contributed by atoms with van der Waals surface area (Å²) in [6, 6.07) is 4.50. The van der Waals surface area contributed by atoms with Gasteiger partial charge in [0.2, 0.25) is 0 Å². The highest BCUT2D eigenvalue weighted by Crippen LogP contribution is 2.22. The molecule has 4 rings (SSSR count). The maximum absolute atomic E-state index is 12.6. The first-order valence-electron chi connectivity index (χ1n) is 10.0. The smallest absolute Gasteiger partial charge is 0.256 e. The maximum atomic E-state index is 12.6. The van der Waals surface area contributed by atoms with Gasteiger partial charge < -0.3 is 5.32 Å². The minimum Gasteiger partial charge on any atom is -0.352 e. The number of aromatic nitrogens is 3. The molecule has 0 spiro atoms. The molecule has 1 saturated heterocycles. The molecule has 6 nitrogen and oxygen atoms in total. The molecular weight excluding hydrogens is 370 g/mol. The third-order valence-electron chi connectivity index (χ3n) is 5.33. The van der Waals surface area contributed by atoms with Crippen molar-refractivity contribution in [2.45, 2.75) is 39.7 Å². The van der Waals surface area contributed by atoms with Crippen LogP contribution < -0.4 is 5.32 Å². The summed E-state index contributed by atoms with van der Waals surface area (Å²) in [5, 5.41) is 7.35. The Kier molecular flexibility index (Phi) is 5.73. The van der Waals surface area contributed by atoms with Crippen molar-refractivity contribution in [2.24, 2.45) is 5.92 Å². The first kappa shape index (κ1) is 19.1. The van der Waals surface area contributed by atoms with E-state index in [9.17, 15) is 4.79 Å². The van der Waals surface area contributed by atoms with E-state index in [2.05, 4.69) is 39.4 Å². The number of hydrogen-bond acceptors (Lipinski definition) is 5. The molecule has 0 aliphatic carbocycles. The lowest BCUT2D eigenvalue weighted by atomic mass is 9.98. The molecule has 3 aromatic rings. The molecule has 0 bridgehead atoms. The van der Waals surface area contributed by atoms with Crippen molar-refractivity contribution in [3.63, 3.8) is 0 Å². The predicted octanol–water partition coefficient (Wildman–Crippen LogP) is 3.30. The van der Waals surface area contributed by atoms with Gasteiger partial charge in [-0.05, 0) is 56.3 Å². The SMILES string of the molecule is CCc1ccc(CN2CCCC(CNC(=O)c3cnn4cc(C)cnc34)C2)s1. The van der Waals surface area contributed by atoms with E-state index in [1.54, 1.807) is 16.9 Å². The molecule has 4 heterocycles. The first-order valence-corrected chi connectivity index (χ1v) is 10.8. The topological polar surface area (TPSA) is 62.5 Å². The van der Waals surface area contributed by atoms with Crippen LogP contribution in [0, 0.1) is 12.8 Å². The molecule has 148 valence electrons. The molecule has 28 heavy (non-hydrogen) atoms. The number of thiophene rings is 1. The zero-order chi connectivity index (χ0) is 19.5. The van der Waals surface area contributed by atoms with E-state index < -0.39 is 0 Å². The largest absolute Gasteiger partial charge is 0.352 e. The van der Waals surface area contributed by atoms with Gasteiger partial charge in [0.1, 0.15) is 5.56 Å². The maximum Gasteiger partial charge on any atom is 0.256 e. The summed E-state index contributed by atoms with van der Waals surface area (Å²) in [6.07, 6.45) is 8.70. The molecule has 0 radical (unpaired) electrons. The lowest BCUT2D eigenvalue weighted by molar-refractivity contribution is 0.0932. The molecule has 0 saturated carbocycles. The van der Waals surface area contributed by atoms with Gasteiger partial charge >= 0.3 is 0 Å². The normalized spacial score (nSPS) is 17.9. The third kappa shape index (κ3) is 4.25. The number of piperidine rings is 1. The number of nitrogens with zero attached hydrogens (tertiary/aromatic N) is 4. The number of fused-ring (bicyclic) bond motifs is 1. The van der Waals surface area contributed by atoms with Crippen molar-refractivity contribution in [3.8, 4) is 0 Å². The lowest BCUT2D eigenvalue weighted by Gasteiger charge is -2.32. The minimum absolute atomic E-state index is 0.0886. The van der Waals surface area contributed by atoms with Crippen LogP contribution in [0.4, 0.5) is 0 Å². The number of rotatable bonds is 6. The van der Waals surface area contributed by atoms with Crippen LogP contribution in [0.15, 0.2) is 30.7 Å². The van der Waals surface area contributed by atoms with Gasteiger partial charge in [-0.2, -0.15) is 5.10 Å². The van der Waals surface area contributed by atoms with Crippen molar-refractivity contribution >= 4 is 22.9 Å². The summed E-state index contributed by atoms with van der Waals surface area (Å²) in [5.74, 6) is 0.398. The van der Waals surface area contributed by atoms with Crippen molar-refractivity contribution in [3.05, 3.63) is 51.6 Å². The number of hydrogen-bond donors (Lipinski definition) is 1. The highest BCUT2D eigenvalue weighted by molar-refractivity contribution is 7.11. The Hall–Kier alpha value is -2.25. The highest BCUT2D eigenvalue weighted by atomic mass is 32.1. The lowest BCUT2D eigenvalue weighted by Crippen LogP contribution is -2.40. The fourth-order valence-corrected chi connectivity index (χ4v) is 4.84. The Morgan fingerprint density at radius 3 is 3.00 bits per heavy atom. The number of carbonyl (C=O) groups is 1. The van der Waals surface area contributed by atoms with Crippen molar-refractivity contribution in [1.29, 1.82) is 0 Å². The summed E-state index contributed by atoms with van der Waals surface area (Å²) in [5.41, 5.74) is 2.16. The van der Waals surface area contributed by atoms with Gasteiger partial charge in [-0.25, -0.2) is 9.50 Å². The zero-order valence-corrected chi connectivity index (χ0v) is 17.3. The number of carbonyl (C=O) groups excluding carboxylic acids is 1. The molecule has 3 aromatic heterocycles. The van der Waals surface area contributed by atoms with Crippen LogP contribution in [0.2, 0.25) is 0 Å². The van der Waals surface area contributed by atoms with Gasteiger partial charge in [-0.1, -0.05) is 6.92 Å². The number of likely N-dealkylation sites (tertiary alicyclic amines) is 1. The van der Waals surface area contributed by atoms with Crippen molar-refractivity contribution < 1.29 is 4.79 Å².